The predicted molar refractivity (Wildman–Crippen MR) is 86.7 cm³/mol. The van der Waals surface area contributed by atoms with Crippen molar-refractivity contribution in [1.82, 2.24) is 0 Å². The minimum Gasteiger partial charge on any atom is -0.382 e. The van der Waals surface area contributed by atoms with Gasteiger partial charge in [0, 0.05) is 23.4 Å². The second-order valence-corrected chi connectivity index (χ2v) is 5.76. The van der Waals surface area contributed by atoms with Crippen LogP contribution in [0.15, 0.2) is 58.3 Å². The van der Waals surface area contributed by atoms with Crippen LogP contribution in [0.3, 0.4) is 0 Å². The Hall–Kier alpha value is -1.49. The molecule has 1 atom stereocenters. The first-order valence-corrected chi connectivity index (χ1v) is 7.77. The third kappa shape index (κ3) is 3.23. The Labute approximate surface area is 131 Å². The zero-order valence-corrected chi connectivity index (χ0v) is 12.8. The van der Waals surface area contributed by atoms with Crippen molar-refractivity contribution in [2.45, 2.75) is 9.79 Å². The zero-order valence-electron chi connectivity index (χ0n) is 13.0. The summed E-state index contributed by atoms with van der Waals surface area (Å²) in [6.07, 6.45) is 0. The molecule has 0 N–H and O–H groups in total. The summed E-state index contributed by atoms with van der Waals surface area (Å²) in [6.45, 7) is 0.840. The molecular formula is C17H19NO2S. The van der Waals surface area contributed by atoms with E-state index in [1.165, 1.54) is 9.79 Å². The Kier molecular flexibility index (Phi) is 4.39. The molecule has 0 aromatic heterocycles. The van der Waals surface area contributed by atoms with E-state index >= 15 is 0 Å². The third-order valence-corrected chi connectivity index (χ3v) is 4.44. The van der Waals surface area contributed by atoms with Gasteiger partial charge in [0.15, 0.2) is 0 Å². The minimum absolute atomic E-state index is 0.441. The Morgan fingerprint density at radius 3 is 2.24 bits per heavy atom. The minimum atomic E-state index is -0.612. The molecule has 1 aliphatic heterocycles. The SMILES string of the molecule is [2H]C(CN1c2ccccc2Sc2ccccc21)OCCOC. The molecule has 110 valence electrons. The normalized spacial score (nSPS) is 15.1. The van der Waals surface area contributed by atoms with E-state index in [4.69, 9.17) is 10.8 Å². The molecule has 1 aliphatic rings. The number of hydrogen-bond donors (Lipinski definition) is 0. The van der Waals surface area contributed by atoms with Crippen LogP contribution in [0.25, 0.3) is 0 Å². The zero-order chi connectivity index (χ0) is 15.4. The van der Waals surface area contributed by atoms with Crippen molar-refractivity contribution in [3.05, 3.63) is 48.5 Å². The van der Waals surface area contributed by atoms with Crippen LogP contribution >= 0.6 is 11.8 Å². The van der Waals surface area contributed by atoms with E-state index in [0.717, 1.165) is 11.4 Å². The number of anilines is 2. The average molecular weight is 302 g/mol. The summed E-state index contributed by atoms with van der Waals surface area (Å²) in [5.41, 5.74) is 2.28. The average Bonchev–Trinajstić information content (AvgIpc) is 2.55. The van der Waals surface area contributed by atoms with Gasteiger partial charge in [0.05, 0.1) is 32.5 Å². The van der Waals surface area contributed by atoms with Gasteiger partial charge in [0.25, 0.3) is 0 Å². The number of benzene rings is 2. The lowest BCUT2D eigenvalue weighted by Gasteiger charge is -2.32. The van der Waals surface area contributed by atoms with E-state index in [-0.39, 0.29) is 0 Å². The number of rotatable bonds is 6. The monoisotopic (exact) mass is 302 g/mol. The number of hydrogen-bond acceptors (Lipinski definition) is 4. The summed E-state index contributed by atoms with van der Waals surface area (Å²) < 4.78 is 18.6. The van der Waals surface area contributed by atoms with Crippen LogP contribution in [0.4, 0.5) is 11.4 Å². The molecular weight excluding hydrogens is 282 g/mol. The lowest BCUT2D eigenvalue weighted by Crippen LogP contribution is -2.25. The van der Waals surface area contributed by atoms with Crippen molar-refractivity contribution < 1.29 is 10.8 Å². The number of para-hydroxylation sites is 2. The standard InChI is InChI=1S/C17H19NO2S/c1-19-12-13-20-11-10-18-14-6-2-4-8-16(14)21-17-9-5-3-7-15(17)18/h2-9H,10-13H2,1H3/i11D. The molecule has 0 aliphatic carbocycles. The highest BCUT2D eigenvalue weighted by Crippen LogP contribution is 2.47. The summed E-state index contributed by atoms with van der Waals surface area (Å²) in [5.74, 6) is 0. The molecule has 0 fully saturated rings. The van der Waals surface area contributed by atoms with Gasteiger partial charge in [-0.2, -0.15) is 0 Å². The first kappa shape index (κ1) is 13.2. The number of ether oxygens (including phenoxy) is 2. The van der Waals surface area contributed by atoms with Crippen molar-refractivity contribution in [3.63, 3.8) is 0 Å². The summed E-state index contributed by atoms with van der Waals surface area (Å²) in [4.78, 5) is 4.60. The fourth-order valence-corrected chi connectivity index (χ4v) is 3.42. The molecule has 0 amide bonds. The van der Waals surface area contributed by atoms with Gasteiger partial charge in [0.1, 0.15) is 0 Å². The lowest BCUT2D eigenvalue weighted by molar-refractivity contribution is 0.0746. The second kappa shape index (κ2) is 6.98. The molecule has 0 spiro atoms. The fourth-order valence-electron chi connectivity index (χ4n) is 2.32. The first-order valence-electron chi connectivity index (χ1n) is 7.53. The van der Waals surface area contributed by atoms with Crippen molar-refractivity contribution >= 4 is 23.1 Å². The molecule has 1 unspecified atom stereocenters. The molecule has 0 bridgehead atoms. The number of nitrogens with zero attached hydrogens (tertiary/aromatic N) is 1. The maximum atomic E-state index is 8.14. The van der Waals surface area contributed by atoms with Crippen LogP contribution in [-0.2, 0) is 9.47 Å². The molecule has 2 aromatic carbocycles. The van der Waals surface area contributed by atoms with Gasteiger partial charge >= 0.3 is 0 Å². The van der Waals surface area contributed by atoms with Crippen LogP contribution < -0.4 is 4.90 Å². The first-order chi connectivity index (χ1) is 10.8. The number of methoxy groups -OCH3 is 1. The van der Waals surface area contributed by atoms with Crippen LogP contribution in [0, 0.1) is 0 Å². The lowest BCUT2D eigenvalue weighted by atomic mass is 10.2. The van der Waals surface area contributed by atoms with Gasteiger partial charge in [-0.3, -0.25) is 0 Å². The highest BCUT2D eigenvalue weighted by Gasteiger charge is 2.22. The molecule has 3 rings (SSSR count). The topological polar surface area (TPSA) is 21.7 Å². The fraction of sp³-hybridized carbons (Fsp3) is 0.294. The molecule has 3 nitrogen and oxygen atoms in total. The summed E-state index contributed by atoms with van der Waals surface area (Å²) in [7, 11) is 1.64. The molecule has 0 radical (unpaired) electrons. The second-order valence-electron chi connectivity index (χ2n) is 4.68. The Morgan fingerprint density at radius 2 is 1.62 bits per heavy atom. The van der Waals surface area contributed by atoms with Crippen LogP contribution in [0.1, 0.15) is 1.37 Å². The maximum absolute atomic E-state index is 8.14. The third-order valence-electron chi connectivity index (χ3n) is 3.31. The molecule has 2 aromatic rings. The van der Waals surface area contributed by atoms with Crippen molar-refractivity contribution in [1.29, 1.82) is 0 Å². The molecule has 4 heteroatoms. The number of fused-ring (bicyclic) bond motifs is 2. The van der Waals surface area contributed by atoms with E-state index in [1.54, 1.807) is 18.9 Å². The van der Waals surface area contributed by atoms with E-state index in [2.05, 4.69) is 29.2 Å². The Bertz CT molecular complexity index is 592. The van der Waals surface area contributed by atoms with E-state index in [1.807, 2.05) is 24.3 Å². The molecule has 0 saturated carbocycles. The quantitative estimate of drug-likeness (QED) is 0.753. The van der Waals surface area contributed by atoms with Gasteiger partial charge in [-0.05, 0) is 24.3 Å². The largest absolute Gasteiger partial charge is 0.382 e. The van der Waals surface area contributed by atoms with Crippen LogP contribution in [-0.4, -0.2) is 33.5 Å². The van der Waals surface area contributed by atoms with Crippen LogP contribution in [0.5, 0.6) is 0 Å². The summed E-state index contributed by atoms with van der Waals surface area (Å²) in [6, 6.07) is 16.6. The van der Waals surface area contributed by atoms with E-state index in [0.29, 0.717) is 19.8 Å². The predicted octanol–water partition coefficient (Wildman–Crippen LogP) is 3.95. The van der Waals surface area contributed by atoms with E-state index < -0.39 is 6.58 Å². The Balaban J connectivity index is 1.83. The van der Waals surface area contributed by atoms with Crippen molar-refractivity contribution in [3.8, 4) is 0 Å². The van der Waals surface area contributed by atoms with Gasteiger partial charge in [-0.1, -0.05) is 36.0 Å². The van der Waals surface area contributed by atoms with Gasteiger partial charge in [0.2, 0.25) is 0 Å². The summed E-state index contributed by atoms with van der Waals surface area (Å²) >= 11 is 1.77. The van der Waals surface area contributed by atoms with E-state index in [9.17, 15) is 0 Å². The van der Waals surface area contributed by atoms with Crippen molar-refractivity contribution in [2.24, 2.45) is 0 Å². The van der Waals surface area contributed by atoms with Gasteiger partial charge in [-0.25, -0.2) is 0 Å². The summed E-state index contributed by atoms with van der Waals surface area (Å²) in [5, 5.41) is 0. The van der Waals surface area contributed by atoms with Gasteiger partial charge in [-0.15, -0.1) is 0 Å². The van der Waals surface area contributed by atoms with Crippen molar-refractivity contribution in [2.75, 3.05) is 38.4 Å². The molecule has 21 heavy (non-hydrogen) atoms. The van der Waals surface area contributed by atoms with Gasteiger partial charge < -0.3 is 14.4 Å². The highest BCUT2D eigenvalue weighted by molar-refractivity contribution is 7.99. The molecule has 0 saturated heterocycles. The van der Waals surface area contributed by atoms with Crippen LogP contribution in [0.2, 0.25) is 0 Å². The maximum Gasteiger partial charge on any atom is 0.0701 e. The molecule has 1 heterocycles. The smallest absolute Gasteiger partial charge is 0.0701 e. The highest BCUT2D eigenvalue weighted by atomic mass is 32.2. The Morgan fingerprint density at radius 1 is 1.00 bits per heavy atom.